The van der Waals surface area contributed by atoms with Gasteiger partial charge in [-0.3, -0.25) is 0 Å². The molecule has 1 aliphatic heterocycles. The van der Waals surface area contributed by atoms with Gasteiger partial charge in [0.2, 0.25) is 0 Å². The Morgan fingerprint density at radius 3 is 2.95 bits per heavy atom. The number of carbonyl (C=O) groups is 1. The van der Waals surface area contributed by atoms with Crippen LogP contribution in [0.15, 0.2) is 18.2 Å². The van der Waals surface area contributed by atoms with E-state index in [0.29, 0.717) is 29.5 Å². The molecule has 21 heavy (non-hydrogen) atoms. The van der Waals surface area contributed by atoms with Gasteiger partial charge in [-0.1, -0.05) is 6.07 Å². The van der Waals surface area contributed by atoms with Gasteiger partial charge in [-0.25, -0.2) is 4.79 Å². The first-order valence-electron chi connectivity index (χ1n) is 7.64. The van der Waals surface area contributed by atoms with E-state index >= 15 is 0 Å². The molecule has 0 aromatic heterocycles. The lowest BCUT2D eigenvalue weighted by Gasteiger charge is -2.23. The maximum atomic E-state index is 12.1. The molecule has 1 aliphatic carbocycles. The van der Waals surface area contributed by atoms with Crippen molar-refractivity contribution in [3.05, 3.63) is 23.8 Å². The maximum Gasteiger partial charge on any atom is 0.340 e. The summed E-state index contributed by atoms with van der Waals surface area (Å²) in [6.45, 7) is 2.91. The molecule has 2 fully saturated rings. The first kappa shape index (κ1) is 14.2. The molecule has 5 nitrogen and oxygen atoms in total. The van der Waals surface area contributed by atoms with Gasteiger partial charge in [0.05, 0.1) is 35.7 Å². The molecule has 5 heteroatoms. The van der Waals surface area contributed by atoms with Crippen LogP contribution in [-0.2, 0) is 9.47 Å². The summed E-state index contributed by atoms with van der Waals surface area (Å²) in [5, 5.41) is 3.44. The molecular formula is C16H22N2O3. The van der Waals surface area contributed by atoms with E-state index < -0.39 is 0 Å². The second-order valence-corrected chi connectivity index (χ2v) is 5.70. The van der Waals surface area contributed by atoms with E-state index in [1.807, 2.05) is 0 Å². The van der Waals surface area contributed by atoms with E-state index in [4.69, 9.17) is 15.2 Å². The van der Waals surface area contributed by atoms with Gasteiger partial charge in [-0.2, -0.15) is 0 Å². The number of nitrogens with one attached hydrogen (secondary N) is 1. The lowest BCUT2D eigenvalue weighted by atomic mass is 10.0. The zero-order valence-corrected chi connectivity index (χ0v) is 12.3. The number of esters is 1. The molecule has 0 radical (unpaired) electrons. The Morgan fingerprint density at radius 1 is 1.43 bits per heavy atom. The van der Waals surface area contributed by atoms with Crippen LogP contribution in [0, 0.1) is 5.92 Å². The van der Waals surface area contributed by atoms with Crippen molar-refractivity contribution in [2.45, 2.75) is 38.3 Å². The Hall–Kier alpha value is -1.75. The third kappa shape index (κ3) is 2.97. The van der Waals surface area contributed by atoms with Crippen LogP contribution < -0.4 is 11.1 Å². The lowest BCUT2D eigenvalue weighted by molar-refractivity contribution is 0.0527. The number of benzene rings is 1. The number of rotatable bonds is 5. The molecule has 114 valence electrons. The smallest absolute Gasteiger partial charge is 0.340 e. The highest BCUT2D eigenvalue weighted by atomic mass is 16.5. The summed E-state index contributed by atoms with van der Waals surface area (Å²) in [5.74, 6) is 0.315. The fraction of sp³-hybridized carbons (Fsp3) is 0.562. The predicted molar refractivity (Wildman–Crippen MR) is 81.3 cm³/mol. The fourth-order valence-corrected chi connectivity index (χ4v) is 2.95. The minimum absolute atomic E-state index is 0.218. The van der Waals surface area contributed by atoms with Crippen molar-refractivity contribution < 1.29 is 14.3 Å². The van der Waals surface area contributed by atoms with E-state index in [1.165, 1.54) is 12.8 Å². The van der Waals surface area contributed by atoms with Crippen molar-refractivity contribution in [2.24, 2.45) is 5.92 Å². The Balaban J connectivity index is 1.81. The number of ether oxygens (including phenoxy) is 2. The molecule has 1 aromatic rings. The summed E-state index contributed by atoms with van der Waals surface area (Å²) < 4.78 is 10.9. The number of para-hydroxylation sites is 1. The molecule has 3 rings (SSSR count). The minimum Gasteiger partial charge on any atom is -0.462 e. The number of nitrogens with two attached hydrogens (primary N) is 1. The largest absolute Gasteiger partial charge is 0.462 e. The molecule has 3 N–H and O–H groups in total. The Kier molecular flexibility index (Phi) is 4.01. The van der Waals surface area contributed by atoms with Crippen molar-refractivity contribution in [1.29, 1.82) is 0 Å². The number of anilines is 2. The molecule has 0 bridgehead atoms. The zero-order chi connectivity index (χ0) is 14.8. The molecular weight excluding hydrogens is 268 g/mol. The van der Waals surface area contributed by atoms with Gasteiger partial charge in [0.1, 0.15) is 0 Å². The Bertz CT molecular complexity index is 528. The number of hydrogen-bond donors (Lipinski definition) is 2. The second-order valence-electron chi connectivity index (χ2n) is 5.70. The molecule has 2 aliphatic rings. The first-order chi connectivity index (χ1) is 10.2. The van der Waals surface area contributed by atoms with Gasteiger partial charge < -0.3 is 20.5 Å². The monoisotopic (exact) mass is 290 g/mol. The second kappa shape index (κ2) is 5.93. The highest BCUT2D eigenvalue weighted by Crippen LogP contribution is 2.40. The maximum absolute atomic E-state index is 12.1. The lowest BCUT2D eigenvalue weighted by Crippen LogP contribution is -2.32. The Labute approximate surface area is 124 Å². The first-order valence-corrected chi connectivity index (χ1v) is 7.64. The van der Waals surface area contributed by atoms with Crippen molar-refractivity contribution >= 4 is 17.3 Å². The van der Waals surface area contributed by atoms with E-state index in [-0.39, 0.29) is 18.1 Å². The van der Waals surface area contributed by atoms with Crippen LogP contribution in [0.2, 0.25) is 0 Å². The van der Waals surface area contributed by atoms with Crippen LogP contribution in [0.3, 0.4) is 0 Å². The topological polar surface area (TPSA) is 73.6 Å². The fourth-order valence-electron chi connectivity index (χ4n) is 2.95. The van der Waals surface area contributed by atoms with Crippen LogP contribution in [0.25, 0.3) is 0 Å². The molecule has 1 heterocycles. The van der Waals surface area contributed by atoms with E-state index in [1.54, 1.807) is 25.1 Å². The summed E-state index contributed by atoms with van der Waals surface area (Å²) in [6, 6.07) is 5.54. The number of nitrogen functional groups attached to an aromatic ring is 1. The normalized spacial score (nSPS) is 24.8. The van der Waals surface area contributed by atoms with Gasteiger partial charge >= 0.3 is 5.97 Å². The van der Waals surface area contributed by atoms with E-state index in [2.05, 4.69) is 5.32 Å². The van der Waals surface area contributed by atoms with Gasteiger partial charge in [0.15, 0.2) is 0 Å². The third-order valence-electron chi connectivity index (χ3n) is 4.14. The third-order valence-corrected chi connectivity index (χ3v) is 4.14. The van der Waals surface area contributed by atoms with Gasteiger partial charge in [0.25, 0.3) is 0 Å². The standard InChI is InChI=1S/C16H22N2O3/c1-2-20-16(19)11-4-3-5-12(17)14(11)18-13-8-9-21-15(13)10-6-7-10/h3-5,10,13,15,18H,2,6-9,17H2,1H3. The average Bonchev–Trinajstić information content (AvgIpc) is 3.21. The van der Waals surface area contributed by atoms with Crippen LogP contribution in [0.1, 0.15) is 36.5 Å². The zero-order valence-electron chi connectivity index (χ0n) is 12.3. The van der Waals surface area contributed by atoms with Crippen LogP contribution in [-0.4, -0.2) is 31.3 Å². The van der Waals surface area contributed by atoms with Crippen LogP contribution in [0.4, 0.5) is 11.4 Å². The van der Waals surface area contributed by atoms with Crippen LogP contribution in [0.5, 0.6) is 0 Å². The average molecular weight is 290 g/mol. The summed E-state index contributed by atoms with van der Waals surface area (Å²) in [5.41, 5.74) is 7.81. The molecule has 0 amide bonds. The number of hydrogen-bond acceptors (Lipinski definition) is 5. The number of carbonyl (C=O) groups excluding carboxylic acids is 1. The van der Waals surface area contributed by atoms with Gasteiger partial charge in [0, 0.05) is 6.61 Å². The predicted octanol–water partition coefficient (Wildman–Crippen LogP) is 2.42. The molecule has 2 unspecified atom stereocenters. The van der Waals surface area contributed by atoms with Crippen molar-refractivity contribution in [1.82, 2.24) is 0 Å². The molecule has 1 saturated heterocycles. The summed E-state index contributed by atoms with van der Waals surface area (Å²) >= 11 is 0. The molecule has 1 saturated carbocycles. The molecule has 0 spiro atoms. The Morgan fingerprint density at radius 2 is 2.24 bits per heavy atom. The molecule has 2 atom stereocenters. The summed E-state index contributed by atoms with van der Waals surface area (Å²) in [7, 11) is 0. The summed E-state index contributed by atoms with van der Waals surface area (Å²) in [6.07, 6.45) is 3.65. The highest BCUT2D eigenvalue weighted by Gasteiger charge is 2.41. The molecule has 1 aromatic carbocycles. The van der Waals surface area contributed by atoms with Crippen molar-refractivity contribution in [2.75, 3.05) is 24.3 Å². The SMILES string of the molecule is CCOC(=O)c1cccc(N)c1NC1CCOC1C1CC1. The van der Waals surface area contributed by atoms with Gasteiger partial charge in [-0.15, -0.1) is 0 Å². The summed E-state index contributed by atoms with van der Waals surface area (Å²) in [4.78, 5) is 12.1. The van der Waals surface area contributed by atoms with Crippen molar-refractivity contribution in [3.8, 4) is 0 Å². The van der Waals surface area contributed by atoms with E-state index in [9.17, 15) is 4.79 Å². The van der Waals surface area contributed by atoms with Gasteiger partial charge in [-0.05, 0) is 44.2 Å². The highest BCUT2D eigenvalue weighted by molar-refractivity contribution is 5.98. The quantitative estimate of drug-likeness (QED) is 0.643. The van der Waals surface area contributed by atoms with Crippen LogP contribution >= 0.6 is 0 Å². The van der Waals surface area contributed by atoms with E-state index in [0.717, 1.165) is 13.0 Å². The minimum atomic E-state index is -0.339. The van der Waals surface area contributed by atoms with Crippen molar-refractivity contribution in [3.63, 3.8) is 0 Å².